The molecule has 0 unspecified atom stereocenters. The van der Waals surface area contributed by atoms with Crippen molar-refractivity contribution in [2.45, 2.75) is 20.3 Å². The predicted molar refractivity (Wildman–Crippen MR) is 40.3 cm³/mol. The lowest BCUT2D eigenvalue weighted by Crippen LogP contribution is -1.83. The highest BCUT2D eigenvalue weighted by Gasteiger charge is 1.99. The third-order valence-corrected chi connectivity index (χ3v) is 1.62. The Kier molecular flexibility index (Phi) is 1.90. The van der Waals surface area contributed by atoms with Gasteiger partial charge < -0.3 is 4.98 Å². The van der Waals surface area contributed by atoms with Crippen molar-refractivity contribution in [3.8, 4) is 0 Å². The highest BCUT2D eigenvalue weighted by Crippen LogP contribution is 2.07. The monoisotopic (exact) mass is 137 g/mol. The molecule has 0 fully saturated rings. The van der Waals surface area contributed by atoms with Crippen LogP contribution in [0.5, 0.6) is 0 Å². The van der Waals surface area contributed by atoms with Crippen molar-refractivity contribution in [3.05, 3.63) is 23.0 Å². The average Bonchev–Trinajstić information content (AvgIpc) is 2.30. The van der Waals surface area contributed by atoms with Gasteiger partial charge in [0.2, 0.25) is 0 Å². The Morgan fingerprint density at radius 3 is 2.70 bits per heavy atom. The first-order valence-corrected chi connectivity index (χ1v) is 3.41. The Labute approximate surface area is 60.3 Å². The zero-order chi connectivity index (χ0) is 7.56. The fraction of sp³-hybridized carbons (Fsp3) is 0.375. The van der Waals surface area contributed by atoms with Gasteiger partial charge in [-0.3, -0.25) is 4.79 Å². The van der Waals surface area contributed by atoms with E-state index in [1.807, 2.05) is 13.0 Å². The smallest absolute Gasteiger partial charge is 0.166 e. The van der Waals surface area contributed by atoms with Crippen molar-refractivity contribution in [3.63, 3.8) is 0 Å². The molecule has 1 N–H and O–H groups in total. The maximum atomic E-state index is 10.3. The number of aryl methyl sites for hydroxylation is 2. The van der Waals surface area contributed by atoms with Gasteiger partial charge in [-0.25, -0.2) is 0 Å². The molecule has 1 aromatic heterocycles. The summed E-state index contributed by atoms with van der Waals surface area (Å²) in [6.45, 7) is 4.07. The summed E-state index contributed by atoms with van der Waals surface area (Å²) in [6.07, 6.45) is 1.80. The van der Waals surface area contributed by atoms with Crippen LogP contribution in [0.25, 0.3) is 0 Å². The number of carbonyl (C=O) groups is 1. The molecule has 0 aliphatic carbocycles. The molecule has 0 aromatic carbocycles. The first kappa shape index (κ1) is 7.06. The first-order chi connectivity index (χ1) is 4.77. The highest BCUT2D eigenvalue weighted by molar-refractivity contribution is 5.72. The number of aldehydes is 1. The predicted octanol–water partition coefficient (Wildman–Crippen LogP) is 1.70. The third-order valence-electron chi connectivity index (χ3n) is 1.62. The SMILES string of the molecule is CCc1[nH]c(C=O)cc1C. The van der Waals surface area contributed by atoms with E-state index in [4.69, 9.17) is 0 Å². The zero-order valence-electron chi connectivity index (χ0n) is 6.27. The normalized spacial score (nSPS) is 9.80. The topological polar surface area (TPSA) is 32.9 Å². The molecule has 1 rings (SSSR count). The number of aromatic amines is 1. The van der Waals surface area contributed by atoms with Crippen molar-refractivity contribution in [2.75, 3.05) is 0 Å². The van der Waals surface area contributed by atoms with Crippen molar-refractivity contribution in [2.24, 2.45) is 0 Å². The molecule has 0 amide bonds. The van der Waals surface area contributed by atoms with Gasteiger partial charge in [0.15, 0.2) is 6.29 Å². The minimum absolute atomic E-state index is 0.675. The van der Waals surface area contributed by atoms with Crippen LogP contribution in [-0.2, 0) is 6.42 Å². The molecule has 10 heavy (non-hydrogen) atoms. The fourth-order valence-electron chi connectivity index (χ4n) is 1.06. The lowest BCUT2D eigenvalue weighted by Gasteiger charge is -1.89. The van der Waals surface area contributed by atoms with Gasteiger partial charge in [-0.15, -0.1) is 0 Å². The van der Waals surface area contributed by atoms with Crippen LogP contribution in [-0.4, -0.2) is 11.3 Å². The van der Waals surface area contributed by atoms with E-state index in [9.17, 15) is 4.79 Å². The third kappa shape index (κ3) is 1.10. The summed E-state index contributed by atoms with van der Waals surface area (Å²) in [7, 11) is 0. The second kappa shape index (κ2) is 2.69. The summed E-state index contributed by atoms with van der Waals surface area (Å²) in [5, 5.41) is 0. The fourth-order valence-corrected chi connectivity index (χ4v) is 1.06. The summed E-state index contributed by atoms with van der Waals surface area (Å²) in [5.74, 6) is 0. The first-order valence-electron chi connectivity index (χ1n) is 3.41. The average molecular weight is 137 g/mol. The van der Waals surface area contributed by atoms with Crippen LogP contribution in [0.15, 0.2) is 6.07 Å². The van der Waals surface area contributed by atoms with Crippen molar-refractivity contribution >= 4 is 6.29 Å². The molecule has 1 heterocycles. The quantitative estimate of drug-likeness (QED) is 0.618. The van der Waals surface area contributed by atoms with Crippen molar-refractivity contribution < 1.29 is 4.79 Å². The zero-order valence-corrected chi connectivity index (χ0v) is 6.27. The Bertz CT molecular complexity index is 237. The molecule has 0 aliphatic rings. The highest BCUT2D eigenvalue weighted by atomic mass is 16.1. The Balaban J connectivity index is 3.03. The minimum atomic E-state index is 0.675. The number of nitrogens with one attached hydrogen (secondary N) is 1. The van der Waals surface area contributed by atoms with E-state index in [-0.39, 0.29) is 0 Å². The van der Waals surface area contributed by atoms with E-state index in [1.165, 1.54) is 5.56 Å². The molecule has 0 aliphatic heterocycles. The Morgan fingerprint density at radius 1 is 1.70 bits per heavy atom. The van der Waals surface area contributed by atoms with Crippen molar-refractivity contribution in [1.29, 1.82) is 0 Å². The number of hydrogen-bond acceptors (Lipinski definition) is 1. The lowest BCUT2D eigenvalue weighted by molar-refractivity contribution is 0.111. The largest absolute Gasteiger partial charge is 0.356 e. The number of rotatable bonds is 2. The van der Waals surface area contributed by atoms with Gasteiger partial charge in [-0.2, -0.15) is 0 Å². The van der Waals surface area contributed by atoms with Crippen LogP contribution < -0.4 is 0 Å². The number of carbonyl (C=O) groups excluding carboxylic acids is 1. The summed E-state index contributed by atoms with van der Waals surface area (Å²) in [6, 6.07) is 1.87. The second-order valence-electron chi connectivity index (χ2n) is 2.36. The lowest BCUT2D eigenvalue weighted by atomic mass is 10.2. The van der Waals surface area contributed by atoms with Crippen LogP contribution >= 0.6 is 0 Å². The number of H-pyrrole nitrogens is 1. The molecule has 2 nitrogen and oxygen atoms in total. The maximum Gasteiger partial charge on any atom is 0.166 e. The standard InChI is InChI=1S/C8H11NO/c1-3-8-6(2)4-7(5-10)9-8/h4-5,9H,3H2,1-2H3. The van der Waals surface area contributed by atoms with Gasteiger partial charge in [-0.05, 0) is 25.0 Å². The van der Waals surface area contributed by atoms with E-state index >= 15 is 0 Å². The van der Waals surface area contributed by atoms with Crippen LogP contribution in [0.2, 0.25) is 0 Å². The van der Waals surface area contributed by atoms with E-state index in [2.05, 4.69) is 11.9 Å². The molecule has 0 saturated carbocycles. The van der Waals surface area contributed by atoms with E-state index in [0.717, 1.165) is 18.4 Å². The minimum Gasteiger partial charge on any atom is -0.356 e. The van der Waals surface area contributed by atoms with E-state index < -0.39 is 0 Å². The molecule has 1 aromatic rings. The molecule has 0 saturated heterocycles. The molecular formula is C8H11NO. The second-order valence-corrected chi connectivity index (χ2v) is 2.36. The molecular weight excluding hydrogens is 126 g/mol. The van der Waals surface area contributed by atoms with E-state index in [1.54, 1.807) is 0 Å². The number of aromatic nitrogens is 1. The Hall–Kier alpha value is -1.05. The molecule has 0 radical (unpaired) electrons. The molecule has 0 spiro atoms. The van der Waals surface area contributed by atoms with Crippen molar-refractivity contribution in [1.82, 2.24) is 4.98 Å². The van der Waals surface area contributed by atoms with Gasteiger partial charge in [-0.1, -0.05) is 6.92 Å². The maximum absolute atomic E-state index is 10.3. The van der Waals surface area contributed by atoms with Gasteiger partial charge in [0.1, 0.15) is 0 Å². The van der Waals surface area contributed by atoms with Crippen LogP contribution in [0.1, 0.15) is 28.7 Å². The Morgan fingerprint density at radius 2 is 2.40 bits per heavy atom. The van der Waals surface area contributed by atoms with Gasteiger partial charge >= 0.3 is 0 Å². The number of hydrogen-bond donors (Lipinski definition) is 1. The summed E-state index contributed by atoms with van der Waals surface area (Å²) in [5.41, 5.74) is 3.00. The van der Waals surface area contributed by atoms with Crippen LogP contribution in [0.4, 0.5) is 0 Å². The van der Waals surface area contributed by atoms with Crippen LogP contribution in [0, 0.1) is 6.92 Å². The van der Waals surface area contributed by atoms with Gasteiger partial charge in [0.05, 0.1) is 5.69 Å². The van der Waals surface area contributed by atoms with Crippen LogP contribution in [0.3, 0.4) is 0 Å². The molecule has 54 valence electrons. The summed E-state index contributed by atoms with van der Waals surface area (Å²) in [4.78, 5) is 13.3. The molecule has 2 heteroatoms. The molecule has 0 bridgehead atoms. The molecule has 0 atom stereocenters. The van der Waals surface area contributed by atoms with E-state index in [0.29, 0.717) is 5.69 Å². The van der Waals surface area contributed by atoms with Gasteiger partial charge in [0.25, 0.3) is 0 Å². The van der Waals surface area contributed by atoms with Gasteiger partial charge in [0, 0.05) is 5.69 Å². The summed E-state index contributed by atoms with van der Waals surface area (Å²) < 4.78 is 0. The summed E-state index contributed by atoms with van der Waals surface area (Å²) >= 11 is 0.